The molecule has 4 heteroatoms. The van der Waals surface area contributed by atoms with Crippen LogP contribution in [0.4, 0.5) is 0 Å². The van der Waals surface area contributed by atoms with Crippen molar-refractivity contribution in [3.05, 3.63) is 121 Å². The van der Waals surface area contributed by atoms with Crippen molar-refractivity contribution < 1.29 is 0 Å². The van der Waals surface area contributed by atoms with Crippen LogP contribution in [-0.2, 0) is 25.3 Å². The first-order valence-corrected chi connectivity index (χ1v) is 9.93. The van der Waals surface area contributed by atoms with E-state index in [1.807, 2.05) is 109 Å². The van der Waals surface area contributed by atoms with E-state index in [1.165, 1.54) is 0 Å². The van der Waals surface area contributed by atoms with Gasteiger partial charge in [0, 0.05) is 0 Å². The van der Waals surface area contributed by atoms with Crippen molar-refractivity contribution in [2.24, 2.45) is 0 Å². The normalized spacial score (nSPS) is 8.86. The van der Waals surface area contributed by atoms with Crippen molar-refractivity contribution in [2.45, 2.75) is 19.6 Å². The number of hydrogen-bond donors (Lipinski definition) is 0. The number of rotatable bonds is 2. The van der Waals surface area contributed by atoms with Crippen LogP contribution < -0.4 is 0 Å². The zero-order chi connectivity index (χ0) is 19.2. The first-order chi connectivity index (χ1) is 13.3. The van der Waals surface area contributed by atoms with E-state index in [1.54, 1.807) is 11.8 Å². The molecule has 0 unspecified atom stereocenters. The third-order valence-corrected chi connectivity index (χ3v) is 5.25. The van der Waals surface area contributed by atoms with E-state index in [0.717, 1.165) is 19.6 Å². The summed E-state index contributed by atoms with van der Waals surface area (Å²) in [5, 5.41) is 0. The smallest absolute Gasteiger partial charge is 0.779 e. The predicted molar refractivity (Wildman–Crippen MR) is 125 cm³/mol. The minimum Gasteiger partial charge on any atom is -0.779 e. The molecule has 136 valence electrons. The quantitative estimate of drug-likeness (QED) is 0.227. The van der Waals surface area contributed by atoms with Gasteiger partial charge in [-0.2, -0.15) is 9.79 Å². The van der Waals surface area contributed by atoms with Crippen LogP contribution in [0.1, 0.15) is 0 Å². The Hall–Kier alpha value is -1.53. The maximum atomic E-state index is 5.24. The van der Waals surface area contributed by atoms with Gasteiger partial charge in [0.2, 0.25) is 0 Å². The standard InChI is InChI=1S/C12H10S3.2C6H5.Sn/c13-9-5-1-3-7-11(9)15-12-8-4-2-6-10(12)14;2*1-2-4-6-5-3-1;/h1-8,13-14H;2*1-5H;/q;;;+2/p-2. The van der Waals surface area contributed by atoms with Gasteiger partial charge >= 0.3 is 23.9 Å². The van der Waals surface area contributed by atoms with Crippen LogP contribution in [-0.4, -0.2) is 23.9 Å². The van der Waals surface area contributed by atoms with E-state index in [-0.39, 0.29) is 23.9 Å². The summed E-state index contributed by atoms with van der Waals surface area (Å²) in [5.41, 5.74) is 0. The Morgan fingerprint density at radius 1 is 0.500 bits per heavy atom. The van der Waals surface area contributed by atoms with Crippen molar-refractivity contribution in [3.63, 3.8) is 0 Å². The van der Waals surface area contributed by atoms with Gasteiger partial charge in [-0.3, -0.25) is 0 Å². The maximum absolute atomic E-state index is 5.24. The second kappa shape index (κ2) is 15.4. The first-order valence-electron chi connectivity index (χ1n) is 8.29. The average Bonchev–Trinajstić information content (AvgIpc) is 2.75. The second-order valence-corrected chi connectivity index (χ2v) is 7.11. The summed E-state index contributed by atoms with van der Waals surface area (Å²) in [6.45, 7) is 0. The number of benzene rings is 4. The van der Waals surface area contributed by atoms with Crippen LogP contribution >= 0.6 is 11.8 Å². The van der Waals surface area contributed by atoms with Crippen molar-refractivity contribution in [1.82, 2.24) is 0 Å². The molecule has 0 spiro atoms. The average molecular weight is 521 g/mol. The summed E-state index contributed by atoms with van der Waals surface area (Å²) >= 11 is 12.1. The Bertz CT molecular complexity index is 756. The molecular formula is C24H18S3Sn. The van der Waals surface area contributed by atoms with E-state index in [4.69, 9.17) is 25.3 Å². The predicted octanol–water partition coefficient (Wildman–Crippen LogP) is 6.24. The van der Waals surface area contributed by atoms with Crippen LogP contribution in [0.15, 0.2) is 129 Å². The molecule has 0 aliphatic heterocycles. The zero-order valence-electron chi connectivity index (χ0n) is 15.1. The minimum absolute atomic E-state index is 0. The molecule has 0 N–H and O–H groups in total. The Morgan fingerprint density at radius 3 is 1.11 bits per heavy atom. The molecule has 0 bridgehead atoms. The van der Waals surface area contributed by atoms with Gasteiger partial charge in [0.15, 0.2) is 0 Å². The largest absolute Gasteiger partial charge is 2.00 e. The molecule has 0 heterocycles. The molecule has 0 saturated heterocycles. The summed E-state index contributed by atoms with van der Waals surface area (Å²) in [7, 11) is 0. The van der Waals surface area contributed by atoms with E-state index in [0.29, 0.717) is 0 Å². The van der Waals surface area contributed by atoms with E-state index >= 15 is 0 Å². The molecular weight excluding hydrogens is 503 g/mol. The first kappa shape index (κ1) is 24.5. The second-order valence-electron chi connectivity index (χ2n) is 5.15. The third-order valence-electron chi connectivity index (χ3n) is 3.13. The van der Waals surface area contributed by atoms with Gasteiger partial charge in [0.25, 0.3) is 0 Å². The summed E-state index contributed by atoms with van der Waals surface area (Å²) in [6.07, 6.45) is 0. The summed E-state index contributed by atoms with van der Waals surface area (Å²) in [4.78, 5) is 3.93. The van der Waals surface area contributed by atoms with Gasteiger partial charge in [0.1, 0.15) is 0 Å². The molecule has 4 aromatic rings. The van der Waals surface area contributed by atoms with Gasteiger partial charge < -0.3 is 25.3 Å². The van der Waals surface area contributed by atoms with Crippen LogP contribution in [0.25, 0.3) is 0 Å². The zero-order valence-corrected chi connectivity index (χ0v) is 20.4. The van der Waals surface area contributed by atoms with Gasteiger partial charge in [-0.15, -0.1) is 0 Å². The van der Waals surface area contributed by atoms with Crippen LogP contribution in [0, 0.1) is 12.1 Å². The molecule has 0 fully saturated rings. The molecule has 4 rings (SSSR count). The summed E-state index contributed by atoms with van der Waals surface area (Å²) < 4.78 is 0. The summed E-state index contributed by atoms with van der Waals surface area (Å²) in [6, 6.07) is 40.8. The van der Waals surface area contributed by atoms with Gasteiger partial charge in [-0.1, -0.05) is 109 Å². The van der Waals surface area contributed by atoms with E-state index in [2.05, 4.69) is 12.1 Å². The molecule has 0 saturated carbocycles. The molecule has 0 amide bonds. The maximum Gasteiger partial charge on any atom is 2.00 e. The van der Waals surface area contributed by atoms with Crippen LogP contribution in [0.2, 0.25) is 0 Å². The van der Waals surface area contributed by atoms with Gasteiger partial charge in [-0.25, -0.2) is 0 Å². The van der Waals surface area contributed by atoms with Crippen molar-refractivity contribution in [2.75, 3.05) is 0 Å². The fourth-order valence-electron chi connectivity index (χ4n) is 1.87. The van der Waals surface area contributed by atoms with Crippen molar-refractivity contribution >= 4 is 60.9 Å². The summed E-state index contributed by atoms with van der Waals surface area (Å²) in [5.74, 6) is 0. The fraction of sp³-hybridized carbons (Fsp3) is 0. The molecule has 0 nitrogen and oxygen atoms in total. The monoisotopic (exact) mass is 522 g/mol. The molecule has 0 atom stereocenters. The Balaban J connectivity index is 0.000000249. The Kier molecular flexibility index (Phi) is 13.5. The van der Waals surface area contributed by atoms with E-state index < -0.39 is 0 Å². The van der Waals surface area contributed by atoms with Crippen LogP contribution in [0.3, 0.4) is 0 Å². The van der Waals surface area contributed by atoms with Crippen LogP contribution in [0.5, 0.6) is 0 Å². The SMILES string of the molecule is [S-]c1ccccc1Sc1ccccc1[S-].[Sn+2].[c]1ccccc1.[c]1ccccc1. The van der Waals surface area contributed by atoms with Gasteiger partial charge in [-0.05, 0) is 34.1 Å². The molecule has 4 radical (unpaired) electrons. The third kappa shape index (κ3) is 10.1. The topological polar surface area (TPSA) is 0 Å². The van der Waals surface area contributed by atoms with E-state index in [9.17, 15) is 0 Å². The minimum atomic E-state index is 0. The molecule has 0 aromatic heterocycles. The van der Waals surface area contributed by atoms with Crippen molar-refractivity contribution in [3.8, 4) is 0 Å². The fourth-order valence-corrected chi connectivity index (χ4v) is 3.28. The molecule has 28 heavy (non-hydrogen) atoms. The molecule has 0 aliphatic carbocycles. The number of hydrogen-bond acceptors (Lipinski definition) is 3. The molecule has 0 aliphatic rings. The molecule has 4 aromatic carbocycles. The van der Waals surface area contributed by atoms with Crippen molar-refractivity contribution in [1.29, 1.82) is 0 Å². The Morgan fingerprint density at radius 2 is 0.857 bits per heavy atom. The Labute approximate surface area is 200 Å². The van der Waals surface area contributed by atoms with Gasteiger partial charge in [0.05, 0.1) is 0 Å².